The molecule has 1 atom stereocenters. The van der Waals surface area contributed by atoms with E-state index in [9.17, 15) is 9.36 Å². The zero-order valence-electron chi connectivity index (χ0n) is 9.69. The Morgan fingerprint density at radius 2 is 1.83 bits per heavy atom. The Bertz CT molecular complexity index is 470. The molecule has 1 aromatic rings. The molecule has 100 valence electrons. The highest BCUT2D eigenvalue weighted by atomic mass is 31.2. The van der Waals surface area contributed by atoms with Crippen molar-refractivity contribution in [2.75, 3.05) is 6.16 Å². The van der Waals surface area contributed by atoms with Crippen LogP contribution >= 0.6 is 7.60 Å². The van der Waals surface area contributed by atoms with E-state index in [0.717, 1.165) is 5.56 Å². The van der Waals surface area contributed by atoms with Crippen LogP contribution in [0.25, 0.3) is 0 Å². The van der Waals surface area contributed by atoms with E-state index in [4.69, 9.17) is 20.6 Å². The average Bonchev–Trinajstić information content (AvgIpc) is 2.26. The van der Waals surface area contributed by atoms with Crippen LogP contribution in [-0.2, 0) is 22.2 Å². The van der Waals surface area contributed by atoms with Crippen LogP contribution in [0, 0.1) is 0 Å². The Kier molecular flexibility index (Phi) is 5.04. The fraction of sp³-hybridized carbons (Fsp3) is 0.364. The van der Waals surface area contributed by atoms with E-state index in [1.165, 1.54) is 0 Å². The van der Waals surface area contributed by atoms with Crippen molar-refractivity contribution in [2.24, 2.45) is 5.73 Å². The molecule has 0 heterocycles. The van der Waals surface area contributed by atoms with Gasteiger partial charge < -0.3 is 20.6 Å². The Labute approximate surface area is 105 Å². The van der Waals surface area contributed by atoms with Crippen molar-refractivity contribution < 1.29 is 24.3 Å². The molecule has 5 N–H and O–H groups in total. The van der Waals surface area contributed by atoms with Gasteiger partial charge in [-0.2, -0.15) is 0 Å². The molecule has 0 bridgehead atoms. The molecule has 0 unspecified atom stereocenters. The summed E-state index contributed by atoms with van der Waals surface area (Å²) in [5.74, 6) is -1.10. The lowest BCUT2D eigenvalue weighted by atomic mass is 9.99. The molecular weight excluding hydrogens is 257 g/mol. The number of nitrogens with two attached hydrogens (primary N) is 1. The zero-order chi connectivity index (χ0) is 13.8. The summed E-state index contributed by atoms with van der Waals surface area (Å²) in [7, 11) is -4.05. The van der Waals surface area contributed by atoms with Crippen molar-refractivity contribution in [3.63, 3.8) is 0 Å². The largest absolute Gasteiger partial charge is 0.480 e. The van der Waals surface area contributed by atoms with Gasteiger partial charge in [0.15, 0.2) is 0 Å². The van der Waals surface area contributed by atoms with Crippen molar-refractivity contribution in [3.05, 3.63) is 35.4 Å². The van der Waals surface area contributed by atoms with Crippen molar-refractivity contribution in [1.82, 2.24) is 0 Å². The fourth-order valence-corrected chi connectivity index (χ4v) is 2.12. The van der Waals surface area contributed by atoms with Crippen LogP contribution in [-0.4, -0.2) is 33.1 Å². The van der Waals surface area contributed by atoms with E-state index in [0.29, 0.717) is 5.56 Å². The standard InChI is InChI=1S/C11H16NO5P/c12-10(11(13)14)7-9-4-2-1-3-8(9)5-6-18(15,16)17/h1-4,10H,5-7,12H2,(H,13,14)(H2,15,16,17)/t10-/m0/s1. The third-order valence-electron chi connectivity index (χ3n) is 2.55. The number of hydrogen-bond acceptors (Lipinski definition) is 3. The first-order valence-corrected chi connectivity index (χ1v) is 7.19. The van der Waals surface area contributed by atoms with Gasteiger partial charge in [-0.05, 0) is 24.0 Å². The lowest BCUT2D eigenvalue weighted by Gasteiger charge is -2.12. The predicted octanol–water partition coefficient (Wildman–Crippen LogP) is 0.361. The molecule has 6 nitrogen and oxygen atoms in total. The van der Waals surface area contributed by atoms with E-state index >= 15 is 0 Å². The topological polar surface area (TPSA) is 121 Å². The highest BCUT2D eigenvalue weighted by molar-refractivity contribution is 7.51. The molecule has 0 saturated heterocycles. The van der Waals surface area contributed by atoms with Gasteiger partial charge in [0.25, 0.3) is 0 Å². The summed E-state index contributed by atoms with van der Waals surface area (Å²) in [5, 5.41) is 8.74. The van der Waals surface area contributed by atoms with Crippen LogP contribution in [0.4, 0.5) is 0 Å². The van der Waals surface area contributed by atoms with E-state index < -0.39 is 19.6 Å². The van der Waals surface area contributed by atoms with Gasteiger partial charge in [-0.1, -0.05) is 24.3 Å². The maximum atomic E-state index is 10.8. The number of rotatable bonds is 6. The van der Waals surface area contributed by atoms with Gasteiger partial charge in [0.05, 0.1) is 6.16 Å². The minimum atomic E-state index is -4.05. The number of aliphatic carboxylic acids is 1. The van der Waals surface area contributed by atoms with Crippen molar-refractivity contribution in [3.8, 4) is 0 Å². The van der Waals surface area contributed by atoms with Gasteiger partial charge in [-0.25, -0.2) is 0 Å². The van der Waals surface area contributed by atoms with Gasteiger partial charge >= 0.3 is 13.6 Å². The molecule has 7 heteroatoms. The second-order valence-electron chi connectivity index (χ2n) is 4.06. The first kappa shape index (κ1) is 14.9. The number of aryl methyl sites for hydroxylation is 1. The van der Waals surface area contributed by atoms with Gasteiger partial charge in [0.1, 0.15) is 6.04 Å². The molecule has 0 aliphatic carbocycles. The summed E-state index contributed by atoms with van der Waals surface area (Å²) in [6, 6.07) is 5.91. The first-order valence-electron chi connectivity index (χ1n) is 5.39. The first-order chi connectivity index (χ1) is 8.29. The molecule has 0 fully saturated rings. The highest BCUT2D eigenvalue weighted by Crippen LogP contribution is 2.35. The van der Waals surface area contributed by atoms with Crippen molar-refractivity contribution in [1.29, 1.82) is 0 Å². The fourth-order valence-electron chi connectivity index (χ4n) is 1.59. The molecule has 0 aliphatic heterocycles. The Morgan fingerprint density at radius 3 is 2.33 bits per heavy atom. The molecule has 0 amide bonds. The second-order valence-corrected chi connectivity index (χ2v) is 5.83. The van der Waals surface area contributed by atoms with Gasteiger partial charge in [0.2, 0.25) is 0 Å². The maximum absolute atomic E-state index is 10.8. The lowest BCUT2D eigenvalue weighted by molar-refractivity contribution is -0.138. The van der Waals surface area contributed by atoms with Crippen LogP contribution in [0.2, 0.25) is 0 Å². The third-order valence-corrected chi connectivity index (χ3v) is 3.35. The van der Waals surface area contributed by atoms with Gasteiger partial charge in [-0.3, -0.25) is 9.36 Å². The van der Waals surface area contributed by atoms with Crippen LogP contribution in [0.3, 0.4) is 0 Å². The lowest BCUT2D eigenvalue weighted by Crippen LogP contribution is -2.32. The third kappa shape index (κ3) is 4.98. The molecule has 0 aliphatic rings. The quantitative estimate of drug-likeness (QED) is 0.555. The summed E-state index contributed by atoms with van der Waals surface area (Å²) in [6.07, 6.45) is 0.0891. The van der Waals surface area contributed by atoms with Crippen LogP contribution in [0.15, 0.2) is 24.3 Å². The molecule has 0 radical (unpaired) electrons. The monoisotopic (exact) mass is 273 g/mol. The Morgan fingerprint density at radius 1 is 1.28 bits per heavy atom. The predicted molar refractivity (Wildman–Crippen MR) is 66.4 cm³/mol. The van der Waals surface area contributed by atoms with Crippen LogP contribution in [0.5, 0.6) is 0 Å². The molecular formula is C11H16NO5P. The van der Waals surface area contributed by atoms with Gasteiger partial charge in [-0.15, -0.1) is 0 Å². The van der Waals surface area contributed by atoms with Crippen molar-refractivity contribution >= 4 is 13.6 Å². The van der Waals surface area contributed by atoms with Crippen LogP contribution < -0.4 is 5.73 Å². The molecule has 0 spiro atoms. The smallest absolute Gasteiger partial charge is 0.325 e. The van der Waals surface area contributed by atoms with E-state index in [-0.39, 0.29) is 19.0 Å². The number of benzene rings is 1. The normalized spacial score (nSPS) is 13.3. The van der Waals surface area contributed by atoms with Crippen molar-refractivity contribution in [2.45, 2.75) is 18.9 Å². The number of carbonyl (C=O) groups is 1. The number of carboxylic acid groups (broad SMARTS) is 1. The molecule has 1 aromatic carbocycles. The SMILES string of the molecule is N[C@@H](Cc1ccccc1CCP(=O)(O)O)C(=O)O. The maximum Gasteiger partial charge on any atom is 0.325 e. The summed E-state index contributed by atoms with van der Waals surface area (Å²) in [6.45, 7) is 0. The molecule has 1 rings (SSSR count). The summed E-state index contributed by atoms with van der Waals surface area (Å²) in [4.78, 5) is 28.3. The Balaban J connectivity index is 2.79. The summed E-state index contributed by atoms with van der Waals surface area (Å²) >= 11 is 0. The number of carboxylic acids is 1. The van der Waals surface area contributed by atoms with E-state index in [1.807, 2.05) is 0 Å². The van der Waals surface area contributed by atoms with Crippen LogP contribution in [0.1, 0.15) is 11.1 Å². The summed E-state index contributed by atoms with van der Waals surface area (Å²) < 4.78 is 10.8. The summed E-state index contributed by atoms with van der Waals surface area (Å²) in [5.41, 5.74) is 6.88. The second kappa shape index (κ2) is 6.11. The highest BCUT2D eigenvalue weighted by Gasteiger charge is 2.17. The minimum absolute atomic E-state index is 0.146. The van der Waals surface area contributed by atoms with E-state index in [2.05, 4.69) is 0 Å². The Hall–Kier alpha value is -1.20. The van der Waals surface area contributed by atoms with Gasteiger partial charge in [0, 0.05) is 0 Å². The van der Waals surface area contributed by atoms with E-state index in [1.54, 1.807) is 24.3 Å². The molecule has 18 heavy (non-hydrogen) atoms. The molecule has 0 aromatic heterocycles. The minimum Gasteiger partial charge on any atom is -0.480 e. The zero-order valence-corrected chi connectivity index (χ0v) is 10.6. The average molecular weight is 273 g/mol. The number of hydrogen-bond donors (Lipinski definition) is 4. The molecule has 0 saturated carbocycles.